The molecule has 178 valence electrons. The summed E-state index contributed by atoms with van der Waals surface area (Å²) in [7, 11) is 1.59. The maximum absolute atomic E-state index is 13.4. The highest BCUT2D eigenvalue weighted by molar-refractivity contribution is 7.81. The Kier molecular flexibility index (Phi) is 7.83. The summed E-state index contributed by atoms with van der Waals surface area (Å²) < 4.78 is 40.3. The molecule has 0 radical (unpaired) electrons. The first-order chi connectivity index (χ1) is 16.2. The number of pyridine rings is 1. The highest BCUT2D eigenvalue weighted by Gasteiger charge is 2.37. The second-order valence-corrected chi connectivity index (χ2v) is 8.02. The summed E-state index contributed by atoms with van der Waals surface area (Å²) in [5, 5.41) is 11.6. The van der Waals surface area contributed by atoms with E-state index in [0.29, 0.717) is 37.9 Å². The summed E-state index contributed by atoms with van der Waals surface area (Å²) in [6.45, 7) is 0.410. The lowest BCUT2D eigenvalue weighted by molar-refractivity contribution is -0.138. The molecule has 0 bridgehead atoms. The van der Waals surface area contributed by atoms with Crippen LogP contribution in [0.25, 0.3) is 0 Å². The van der Waals surface area contributed by atoms with Crippen LogP contribution < -0.4 is 15.1 Å². The number of carbonyl (C=O) groups excluding carboxylic acids is 2. The fourth-order valence-electron chi connectivity index (χ4n) is 3.62. The molecule has 1 aliphatic heterocycles. The van der Waals surface area contributed by atoms with Crippen molar-refractivity contribution in [2.75, 3.05) is 23.4 Å². The number of alkyl halides is 3. The van der Waals surface area contributed by atoms with Crippen LogP contribution in [0.3, 0.4) is 0 Å². The topological polar surface area (TPSA) is 89.3 Å². The minimum atomic E-state index is -4.81. The van der Waals surface area contributed by atoms with Gasteiger partial charge in [0.25, 0.3) is 0 Å². The van der Waals surface area contributed by atoms with Crippen LogP contribution in [-0.2, 0) is 22.2 Å². The summed E-state index contributed by atoms with van der Waals surface area (Å²) in [6, 6.07) is 9.60. The van der Waals surface area contributed by atoms with Crippen LogP contribution in [0, 0.1) is 11.3 Å². The molecular weight excluding hydrogens is 467 g/mol. The van der Waals surface area contributed by atoms with Crippen molar-refractivity contribution >= 4 is 40.5 Å². The molecule has 1 N–H and O–H groups in total. The standard InChI is InChI=1S/C23H22F3N5O2S/c1-28-20(32)5-2-4-15-7-9-16(10-8-15)30-11-3-6-21(33)31(22(30)34)17-12-18(23(24,25)26)19(13-27)29-14-17/h7-10,12,14H,2-6,11H2,1H3,(H,28,32). The number of amides is 2. The Bertz CT molecular complexity index is 1130. The maximum Gasteiger partial charge on any atom is 0.419 e. The van der Waals surface area contributed by atoms with Gasteiger partial charge in [0.15, 0.2) is 10.8 Å². The van der Waals surface area contributed by atoms with Crippen molar-refractivity contribution in [2.45, 2.75) is 38.3 Å². The van der Waals surface area contributed by atoms with Crippen LogP contribution in [0.2, 0.25) is 0 Å². The highest BCUT2D eigenvalue weighted by atomic mass is 32.1. The molecular formula is C23H22F3N5O2S. The lowest BCUT2D eigenvalue weighted by Gasteiger charge is -2.30. The molecule has 34 heavy (non-hydrogen) atoms. The number of benzene rings is 1. The van der Waals surface area contributed by atoms with E-state index >= 15 is 0 Å². The molecule has 0 aliphatic carbocycles. The van der Waals surface area contributed by atoms with Crippen molar-refractivity contribution in [1.29, 1.82) is 5.26 Å². The summed E-state index contributed by atoms with van der Waals surface area (Å²) >= 11 is 5.53. The molecule has 0 atom stereocenters. The van der Waals surface area contributed by atoms with E-state index in [1.807, 2.05) is 24.3 Å². The number of nitrogens with one attached hydrogen (secondary N) is 1. The fourth-order valence-corrected chi connectivity index (χ4v) is 4.02. The predicted octanol–water partition coefficient (Wildman–Crippen LogP) is 3.96. The molecule has 1 aromatic carbocycles. The Morgan fingerprint density at radius 1 is 1.26 bits per heavy atom. The van der Waals surface area contributed by atoms with E-state index in [1.54, 1.807) is 11.9 Å². The Labute approximate surface area is 200 Å². The van der Waals surface area contributed by atoms with E-state index in [1.165, 1.54) is 6.07 Å². The van der Waals surface area contributed by atoms with Crippen LogP contribution >= 0.6 is 12.2 Å². The van der Waals surface area contributed by atoms with Gasteiger partial charge in [-0.25, -0.2) is 4.98 Å². The smallest absolute Gasteiger partial charge is 0.359 e. The van der Waals surface area contributed by atoms with Gasteiger partial charge in [-0.1, -0.05) is 12.1 Å². The van der Waals surface area contributed by atoms with E-state index < -0.39 is 23.3 Å². The molecule has 11 heteroatoms. The minimum absolute atomic E-state index is 0.0257. The van der Waals surface area contributed by atoms with E-state index in [0.717, 1.165) is 22.7 Å². The SMILES string of the molecule is CNC(=O)CCCc1ccc(N2CCCC(=O)N(c3cnc(C#N)c(C(F)(F)F)c3)C2=S)cc1. The quantitative estimate of drug-likeness (QED) is 0.618. The van der Waals surface area contributed by atoms with E-state index in [9.17, 15) is 22.8 Å². The Hall–Kier alpha value is -3.52. The van der Waals surface area contributed by atoms with Gasteiger partial charge in [0.1, 0.15) is 6.07 Å². The van der Waals surface area contributed by atoms with E-state index in [4.69, 9.17) is 17.5 Å². The zero-order valence-corrected chi connectivity index (χ0v) is 19.2. The van der Waals surface area contributed by atoms with Gasteiger partial charge in [-0.05, 0) is 55.2 Å². The van der Waals surface area contributed by atoms with Crippen molar-refractivity contribution in [3.8, 4) is 6.07 Å². The molecule has 0 unspecified atom stereocenters. The van der Waals surface area contributed by atoms with Crippen molar-refractivity contribution in [3.63, 3.8) is 0 Å². The molecule has 1 aliphatic rings. The number of carbonyl (C=O) groups is 2. The number of nitriles is 1. The predicted molar refractivity (Wildman–Crippen MR) is 124 cm³/mol. The first-order valence-corrected chi connectivity index (χ1v) is 11.0. The average molecular weight is 490 g/mol. The number of hydrogen-bond acceptors (Lipinski definition) is 5. The lowest BCUT2D eigenvalue weighted by Crippen LogP contribution is -2.44. The van der Waals surface area contributed by atoms with Crippen molar-refractivity contribution in [3.05, 3.63) is 53.3 Å². The van der Waals surface area contributed by atoms with Gasteiger partial charge in [0.05, 0.1) is 17.4 Å². The Morgan fingerprint density at radius 3 is 2.59 bits per heavy atom. The number of anilines is 2. The molecule has 1 fully saturated rings. The summed E-state index contributed by atoms with van der Waals surface area (Å²) in [4.78, 5) is 30.5. The number of nitrogens with zero attached hydrogens (tertiary/aromatic N) is 4. The average Bonchev–Trinajstić information content (AvgIpc) is 2.96. The maximum atomic E-state index is 13.4. The fraction of sp³-hybridized carbons (Fsp3) is 0.348. The summed E-state index contributed by atoms with van der Waals surface area (Å²) in [6.07, 6.45) is -1.38. The summed E-state index contributed by atoms with van der Waals surface area (Å²) in [5.74, 6) is -0.472. The highest BCUT2D eigenvalue weighted by Crippen LogP contribution is 2.34. The molecule has 3 rings (SSSR count). The van der Waals surface area contributed by atoms with Crippen LogP contribution in [0.4, 0.5) is 24.5 Å². The zero-order valence-electron chi connectivity index (χ0n) is 18.4. The van der Waals surface area contributed by atoms with Gasteiger partial charge in [-0.2, -0.15) is 18.4 Å². The first-order valence-electron chi connectivity index (χ1n) is 10.6. The minimum Gasteiger partial charge on any atom is -0.359 e. The van der Waals surface area contributed by atoms with E-state index in [2.05, 4.69) is 10.3 Å². The molecule has 7 nitrogen and oxygen atoms in total. The van der Waals surface area contributed by atoms with Gasteiger partial charge in [0, 0.05) is 32.1 Å². The number of hydrogen-bond donors (Lipinski definition) is 1. The largest absolute Gasteiger partial charge is 0.419 e. The third-order valence-electron chi connectivity index (χ3n) is 5.38. The lowest BCUT2D eigenvalue weighted by atomic mass is 10.1. The van der Waals surface area contributed by atoms with Gasteiger partial charge in [0.2, 0.25) is 11.8 Å². The van der Waals surface area contributed by atoms with E-state index in [-0.39, 0.29) is 23.1 Å². The third kappa shape index (κ3) is 5.69. The normalized spacial score (nSPS) is 14.6. The van der Waals surface area contributed by atoms with Crippen molar-refractivity contribution in [1.82, 2.24) is 10.3 Å². The van der Waals surface area contributed by atoms with Crippen LogP contribution in [-0.4, -0.2) is 35.5 Å². The van der Waals surface area contributed by atoms with Gasteiger partial charge in [-0.15, -0.1) is 0 Å². The Morgan fingerprint density at radius 2 is 1.97 bits per heavy atom. The molecule has 0 spiro atoms. The second kappa shape index (κ2) is 10.6. The van der Waals surface area contributed by atoms with Crippen LogP contribution in [0.5, 0.6) is 0 Å². The molecule has 2 heterocycles. The summed E-state index contributed by atoms with van der Waals surface area (Å²) in [5.41, 5.74) is -0.419. The number of aromatic nitrogens is 1. The van der Waals surface area contributed by atoms with Crippen molar-refractivity contribution in [2.24, 2.45) is 0 Å². The van der Waals surface area contributed by atoms with Crippen LogP contribution in [0.1, 0.15) is 42.5 Å². The number of thiocarbonyl (C=S) groups is 1. The molecule has 0 saturated carbocycles. The monoisotopic (exact) mass is 489 g/mol. The number of halogens is 3. The first kappa shape index (κ1) is 25.1. The number of aryl methyl sites for hydroxylation is 1. The number of rotatable bonds is 6. The molecule has 2 amide bonds. The van der Waals surface area contributed by atoms with Crippen LogP contribution in [0.15, 0.2) is 36.5 Å². The molecule has 1 saturated heterocycles. The van der Waals surface area contributed by atoms with Crippen molar-refractivity contribution < 1.29 is 22.8 Å². The zero-order chi connectivity index (χ0) is 24.9. The van der Waals surface area contributed by atoms with Gasteiger partial charge in [-0.3, -0.25) is 14.5 Å². The molecule has 1 aromatic heterocycles. The second-order valence-electron chi connectivity index (χ2n) is 7.66. The van der Waals surface area contributed by atoms with Gasteiger partial charge < -0.3 is 10.2 Å². The third-order valence-corrected chi connectivity index (χ3v) is 5.79. The van der Waals surface area contributed by atoms with Gasteiger partial charge >= 0.3 is 6.18 Å². The molecule has 2 aromatic rings. The Balaban J connectivity index is 1.86.